The van der Waals surface area contributed by atoms with E-state index in [2.05, 4.69) is 24.1 Å². The van der Waals surface area contributed by atoms with Crippen LogP contribution in [0.4, 0.5) is 0 Å². The van der Waals surface area contributed by atoms with Crippen LogP contribution in [-0.2, 0) is 11.2 Å². The van der Waals surface area contributed by atoms with E-state index in [9.17, 15) is 4.79 Å². The summed E-state index contributed by atoms with van der Waals surface area (Å²) in [4.78, 5) is 15.5. The van der Waals surface area contributed by atoms with Gasteiger partial charge in [0.15, 0.2) is 0 Å². The highest BCUT2D eigenvalue weighted by Gasteiger charge is 2.03. The Balaban J connectivity index is 2.25. The van der Waals surface area contributed by atoms with E-state index in [4.69, 9.17) is 0 Å². The Kier molecular flexibility index (Phi) is 4.81. The van der Waals surface area contributed by atoms with Crippen molar-refractivity contribution in [1.29, 1.82) is 0 Å². The Hall–Kier alpha value is -1.38. The van der Waals surface area contributed by atoms with Crippen molar-refractivity contribution >= 4 is 5.91 Å². The zero-order valence-corrected chi connectivity index (χ0v) is 9.36. The Morgan fingerprint density at radius 3 is 2.87 bits per heavy atom. The summed E-state index contributed by atoms with van der Waals surface area (Å²) in [6.07, 6.45) is 3.10. The third-order valence-corrected chi connectivity index (χ3v) is 2.11. The molecule has 0 saturated carbocycles. The molecule has 0 aromatic carbocycles. The predicted molar refractivity (Wildman–Crippen MR) is 60.4 cm³/mol. The van der Waals surface area contributed by atoms with Crippen LogP contribution in [0.25, 0.3) is 0 Å². The predicted octanol–water partition coefficient (Wildman–Crippen LogP) is 1.79. The second-order valence-corrected chi connectivity index (χ2v) is 4.03. The van der Waals surface area contributed by atoms with Crippen LogP contribution in [0.1, 0.15) is 26.0 Å². The van der Waals surface area contributed by atoms with E-state index in [0.29, 0.717) is 12.3 Å². The highest BCUT2D eigenvalue weighted by atomic mass is 16.1. The van der Waals surface area contributed by atoms with Crippen LogP contribution in [0.5, 0.6) is 0 Å². The number of carbonyl (C=O) groups is 1. The zero-order chi connectivity index (χ0) is 11.1. The Bertz CT molecular complexity index is 296. The fourth-order valence-electron chi connectivity index (χ4n) is 1.23. The molecule has 3 nitrogen and oxygen atoms in total. The Labute approximate surface area is 90.9 Å². The maximum Gasteiger partial charge on any atom is 0.226 e. The van der Waals surface area contributed by atoms with Gasteiger partial charge in [0.2, 0.25) is 5.91 Å². The van der Waals surface area contributed by atoms with E-state index in [1.165, 1.54) is 0 Å². The number of rotatable bonds is 5. The second-order valence-electron chi connectivity index (χ2n) is 4.03. The summed E-state index contributed by atoms with van der Waals surface area (Å²) < 4.78 is 0. The minimum Gasteiger partial charge on any atom is -0.356 e. The van der Waals surface area contributed by atoms with Crippen molar-refractivity contribution in [2.75, 3.05) is 6.54 Å². The average molecular weight is 206 g/mol. The first-order valence-electron chi connectivity index (χ1n) is 5.35. The monoisotopic (exact) mass is 206 g/mol. The number of aromatic nitrogens is 1. The lowest BCUT2D eigenvalue weighted by molar-refractivity contribution is -0.120. The van der Waals surface area contributed by atoms with Crippen molar-refractivity contribution < 1.29 is 4.79 Å². The van der Waals surface area contributed by atoms with Gasteiger partial charge in [-0.25, -0.2) is 0 Å². The van der Waals surface area contributed by atoms with Crippen molar-refractivity contribution in [3.8, 4) is 0 Å². The zero-order valence-electron chi connectivity index (χ0n) is 9.36. The molecule has 1 aromatic rings. The molecule has 0 atom stereocenters. The van der Waals surface area contributed by atoms with Gasteiger partial charge < -0.3 is 5.32 Å². The van der Waals surface area contributed by atoms with Crippen LogP contribution < -0.4 is 5.32 Å². The summed E-state index contributed by atoms with van der Waals surface area (Å²) in [6.45, 7) is 5.04. The minimum atomic E-state index is 0.0503. The van der Waals surface area contributed by atoms with E-state index in [-0.39, 0.29) is 5.91 Å². The molecule has 1 amide bonds. The van der Waals surface area contributed by atoms with Crippen molar-refractivity contribution in [2.24, 2.45) is 5.92 Å². The van der Waals surface area contributed by atoms with Gasteiger partial charge in [-0.15, -0.1) is 0 Å². The molecule has 3 heteroatoms. The molecule has 1 aromatic heterocycles. The molecular weight excluding hydrogens is 188 g/mol. The number of carbonyl (C=O) groups excluding carboxylic acids is 1. The molecule has 0 fully saturated rings. The van der Waals surface area contributed by atoms with E-state index in [1.807, 2.05) is 18.2 Å². The Morgan fingerprint density at radius 1 is 1.47 bits per heavy atom. The van der Waals surface area contributed by atoms with Crippen molar-refractivity contribution in [3.05, 3.63) is 30.1 Å². The molecule has 1 heterocycles. The fraction of sp³-hybridized carbons (Fsp3) is 0.500. The van der Waals surface area contributed by atoms with Crippen molar-refractivity contribution in [3.63, 3.8) is 0 Å². The molecule has 0 aliphatic rings. The first-order valence-corrected chi connectivity index (χ1v) is 5.35. The molecule has 1 rings (SSSR count). The molecular formula is C12H18N2O. The molecule has 0 spiro atoms. The molecule has 0 bridgehead atoms. The molecule has 1 N–H and O–H groups in total. The summed E-state index contributed by atoms with van der Waals surface area (Å²) in [5, 5.41) is 2.88. The molecule has 0 aliphatic carbocycles. The molecule has 0 radical (unpaired) electrons. The van der Waals surface area contributed by atoms with E-state index < -0.39 is 0 Å². The first kappa shape index (κ1) is 11.7. The lowest BCUT2D eigenvalue weighted by atomic mass is 10.1. The quantitative estimate of drug-likeness (QED) is 0.798. The highest BCUT2D eigenvalue weighted by Crippen LogP contribution is 1.97. The minimum absolute atomic E-state index is 0.0503. The SMILES string of the molecule is CC(C)CCNC(=O)Cc1ccccn1. The van der Waals surface area contributed by atoms with Crippen molar-refractivity contribution in [2.45, 2.75) is 26.7 Å². The number of nitrogens with zero attached hydrogens (tertiary/aromatic N) is 1. The molecule has 82 valence electrons. The maximum absolute atomic E-state index is 11.4. The molecule has 15 heavy (non-hydrogen) atoms. The van der Waals surface area contributed by atoms with Crippen LogP contribution >= 0.6 is 0 Å². The van der Waals surface area contributed by atoms with Gasteiger partial charge in [0.1, 0.15) is 0 Å². The number of hydrogen-bond acceptors (Lipinski definition) is 2. The van der Waals surface area contributed by atoms with Crippen molar-refractivity contribution in [1.82, 2.24) is 10.3 Å². The van der Waals surface area contributed by atoms with Crippen LogP contribution in [-0.4, -0.2) is 17.4 Å². The van der Waals surface area contributed by atoms with Crippen LogP contribution in [0.3, 0.4) is 0 Å². The third kappa shape index (κ3) is 5.15. The van der Waals surface area contributed by atoms with E-state index in [1.54, 1.807) is 6.20 Å². The topological polar surface area (TPSA) is 42.0 Å². The Morgan fingerprint density at radius 2 is 2.27 bits per heavy atom. The number of pyridine rings is 1. The van der Waals surface area contributed by atoms with Crippen LogP contribution in [0.2, 0.25) is 0 Å². The summed E-state index contributed by atoms with van der Waals surface area (Å²) >= 11 is 0. The lowest BCUT2D eigenvalue weighted by Gasteiger charge is -2.06. The summed E-state index contributed by atoms with van der Waals surface area (Å²) in [7, 11) is 0. The van der Waals surface area contributed by atoms with E-state index in [0.717, 1.165) is 18.7 Å². The smallest absolute Gasteiger partial charge is 0.226 e. The standard InChI is InChI=1S/C12H18N2O/c1-10(2)6-8-14-12(15)9-11-5-3-4-7-13-11/h3-5,7,10H,6,8-9H2,1-2H3,(H,14,15). The molecule has 0 aliphatic heterocycles. The van der Waals surface area contributed by atoms with Crippen LogP contribution in [0, 0.1) is 5.92 Å². The van der Waals surface area contributed by atoms with Crippen LogP contribution in [0.15, 0.2) is 24.4 Å². The highest BCUT2D eigenvalue weighted by molar-refractivity contribution is 5.77. The first-order chi connectivity index (χ1) is 7.18. The van der Waals surface area contributed by atoms with Gasteiger partial charge in [-0.1, -0.05) is 19.9 Å². The number of nitrogens with one attached hydrogen (secondary N) is 1. The summed E-state index contributed by atoms with van der Waals surface area (Å²) in [5.41, 5.74) is 0.819. The normalized spacial score (nSPS) is 10.3. The van der Waals surface area contributed by atoms with Gasteiger partial charge in [-0.3, -0.25) is 9.78 Å². The number of hydrogen-bond donors (Lipinski definition) is 1. The van der Waals surface area contributed by atoms with Gasteiger partial charge in [0.05, 0.1) is 6.42 Å². The van der Waals surface area contributed by atoms with Gasteiger partial charge >= 0.3 is 0 Å². The molecule has 0 unspecified atom stereocenters. The molecule has 0 saturated heterocycles. The van der Waals surface area contributed by atoms with Gasteiger partial charge in [0.25, 0.3) is 0 Å². The number of amides is 1. The fourth-order valence-corrected chi connectivity index (χ4v) is 1.23. The average Bonchev–Trinajstić information content (AvgIpc) is 2.18. The second kappa shape index (κ2) is 6.17. The summed E-state index contributed by atoms with van der Waals surface area (Å²) in [6, 6.07) is 5.60. The maximum atomic E-state index is 11.4. The lowest BCUT2D eigenvalue weighted by Crippen LogP contribution is -2.27. The third-order valence-electron chi connectivity index (χ3n) is 2.11. The largest absolute Gasteiger partial charge is 0.356 e. The van der Waals surface area contributed by atoms with Gasteiger partial charge in [-0.2, -0.15) is 0 Å². The van der Waals surface area contributed by atoms with E-state index >= 15 is 0 Å². The van der Waals surface area contributed by atoms with Gasteiger partial charge in [-0.05, 0) is 24.5 Å². The van der Waals surface area contributed by atoms with Gasteiger partial charge in [0, 0.05) is 18.4 Å². The summed E-state index contributed by atoms with van der Waals surface area (Å²) in [5.74, 6) is 0.675.